The molecule has 0 fully saturated rings. The van der Waals surface area contributed by atoms with Crippen LogP contribution in [0.3, 0.4) is 0 Å². The fourth-order valence-corrected chi connectivity index (χ4v) is 11.1. The minimum atomic E-state index is 0.533. The summed E-state index contributed by atoms with van der Waals surface area (Å²) in [6.07, 6.45) is 7.53. The number of nitrogens with zero attached hydrogens (tertiary/aromatic N) is 5. The summed E-state index contributed by atoms with van der Waals surface area (Å²) in [5.41, 5.74) is 16.0. The molecule has 0 bridgehead atoms. The fourth-order valence-electron chi connectivity index (χ4n) is 11.1. The van der Waals surface area contributed by atoms with E-state index in [2.05, 4.69) is 185 Å². The van der Waals surface area contributed by atoms with Crippen molar-refractivity contribution in [2.24, 2.45) is 0 Å². The van der Waals surface area contributed by atoms with Gasteiger partial charge < -0.3 is 13.4 Å². The third kappa shape index (κ3) is 6.13. The zero-order chi connectivity index (χ0) is 46.6. The van der Waals surface area contributed by atoms with Gasteiger partial charge in [0.2, 0.25) is 5.95 Å². The van der Waals surface area contributed by atoms with Gasteiger partial charge in [0, 0.05) is 77.8 Å². The number of allylic oxidation sites excluding steroid dienone is 3. The van der Waals surface area contributed by atoms with E-state index in [1.807, 2.05) is 48.5 Å². The summed E-state index contributed by atoms with van der Waals surface area (Å²) in [4.78, 5) is 16.1. The van der Waals surface area contributed by atoms with E-state index in [1.54, 1.807) is 0 Å². The maximum absolute atomic E-state index is 6.42. The average Bonchev–Trinajstić information content (AvgIpc) is 4.14. The summed E-state index contributed by atoms with van der Waals surface area (Å²) in [7, 11) is 0. The minimum absolute atomic E-state index is 0.533. The molecule has 0 N–H and O–H groups in total. The van der Waals surface area contributed by atoms with Crippen LogP contribution in [0.2, 0.25) is 0 Å². The van der Waals surface area contributed by atoms with Crippen LogP contribution in [-0.4, -0.2) is 24.1 Å². The highest BCUT2D eigenvalue weighted by atomic mass is 16.3. The maximum Gasteiger partial charge on any atom is 0.238 e. The number of fused-ring (bicyclic) bond motifs is 12. The predicted octanol–water partition coefficient (Wildman–Crippen LogP) is 16.5. The van der Waals surface area contributed by atoms with Gasteiger partial charge in [0.15, 0.2) is 11.6 Å². The second-order valence-corrected chi connectivity index (χ2v) is 18.3. The zero-order valence-electron chi connectivity index (χ0n) is 38.1. The van der Waals surface area contributed by atoms with Gasteiger partial charge in [-0.15, -0.1) is 0 Å². The Morgan fingerprint density at radius 2 is 0.972 bits per heavy atom. The molecule has 7 nitrogen and oxygen atoms in total. The largest absolute Gasteiger partial charge is 0.456 e. The lowest BCUT2D eigenvalue weighted by molar-refractivity contribution is 0.668. The van der Waals surface area contributed by atoms with Crippen LogP contribution in [0.4, 0.5) is 0 Å². The molecule has 1 aliphatic rings. The number of aromatic nitrogens is 5. The summed E-state index contributed by atoms with van der Waals surface area (Å²) in [5, 5.41) is 7.86. The van der Waals surface area contributed by atoms with E-state index in [1.165, 1.54) is 10.8 Å². The number of hydrogen-bond acceptors (Lipinski definition) is 5. The monoisotopic (exact) mass is 909 g/mol. The highest BCUT2D eigenvalue weighted by Gasteiger charge is 2.26. The Morgan fingerprint density at radius 1 is 0.394 bits per heavy atom. The van der Waals surface area contributed by atoms with Gasteiger partial charge in [-0.2, -0.15) is 9.97 Å². The molecular weight excluding hydrogens is 871 g/mol. The molecule has 0 saturated heterocycles. The first-order valence-corrected chi connectivity index (χ1v) is 24.0. The lowest BCUT2D eigenvalue weighted by Gasteiger charge is -2.15. The topological polar surface area (TPSA) is 74.8 Å². The fraction of sp³-hybridized carbons (Fsp3) is 0.0156. The summed E-state index contributed by atoms with van der Waals surface area (Å²) in [6, 6.07) is 72.1. The van der Waals surface area contributed by atoms with Crippen LogP contribution in [0.25, 0.3) is 139 Å². The smallest absolute Gasteiger partial charge is 0.238 e. The average molecular weight is 910 g/mol. The van der Waals surface area contributed by atoms with Crippen molar-refractivity contribution >= 4 is 88.4 Å². The van der Waals surface area contributed by atoms with E-state index in [4.69, 9.17) is 23.8 Å². The lowest BCUT2D eigenvalue weighted by atomic mass is 9.95. The second kappa shape index (κ2) is 15.5. The van der Waals surface area contributed by atoms with Crippen LogP contribution in [0.15, 0.2) is 227 Å². The summed E-state index contributed by atoms with van der Waals surface area (Å²) < 4.78 is 17.5. The molecule has 5 aromatic heterocycles. The molecule has 15 rings (SSSR count). The highest BCUT2D eigenvalue weighted by Crippen LogP contribution is 2.43. The van der Waals surface area contributed by atoms with E-state index in [-0.39, 0.29) is 0 Å². The Kier molecular flexibility index (Phi) is 8.59. The Hall–Kier alpha value is -9.59. The highest BCUT2D eigenvalue weighted by molar-refractivity contribution is 6.14. The van der Waals surface area contributed by atoms with Gasteiger partial charge in [-0.25, -0.2) is 4.98 Å². The van der Waals surface area contributed by atoms with E-state index in [0.29, 0.717) is 24.0 Å². The molecule has 332 valence electrons. The molecule has 0 unspecified atom stereocenters. The van der Waals surface area contributed by atoms with Crippen molar-refractivity contribution in [2.45, 2.75) is 6.42 Å². The molecule has 0 saturated carbocycles. The van der Waals surface area contributed by atoms with Crippen molar-refractivity contribution in [1.29, 1.82) is 0 Å². The third-order valence-corrected chi connectivity index (χ3v) is 14.2. The number of benzene rings is 9. The van der Waals surface area contributed by atoms with E-state index >= 15 is 0 Å². The SMILES string of the molecule is C1=CC(n2c3ccccc3c3ccccc32)=Cc2c(n(-c3nc(-c4ccccc4)nc(-c4ccc5c(c4)oc4ccccc45)n3)c3c(-c4cccc(-c5cccc6oc7ccccc7c56)c4)cccc23)C1. The van der Waals surface area contributed by atoms with Crippen molar-refractivity contribution in [3.05, 3.63) is 230 Å². The van der Waals surface area contributed by atoms with Crippen LogP contribution in [0.5, 0.6) is 0 Å². The van der Waals surface area contributed by atoms with Crippen LogP contribution in [0.1, 0.15) is 11.3 Å². The van der Waals surface area contributed by atoms with Crippen LogP contribution in [0, 0.1) is 0 Å². The van der Waals surface area contributed by atoms with Crippen LogP contribution < -0.4 is 0 Å². The molecule has 1 aliphatic carbocycles. The van der Waals surface area contributed by atoms with Gasteiger partial charge in [-0.1, -0.05) is 164 Å². The van der Waals surface area contributed by atoms with Crippen molar-refractivity contribution in [1.82, 2.24) is 24.1 Å². The standard InChI is InChI=1S/C64H39N5O2/c1-2-16-39(17-3-1)62-65-63(42-34-35-49-48-23-6-10-31-56(48)71-59(49)37-42)67-64(66-62)69-55-30-13-20-43(68-53-28-8-4-21-46(53)47-22-5-9-29-54(47)68)38-52(55)50-27-14-26-45(61(50)69)41-19-12-18-40(36-41)44-25-15-33-58-60(44)51-24-7-11-32-57(51)70-58/h1-29,31-38H,30H2. The van der Waals surface area contributed by atoms with Crippen molar-refractivity contribution < 1.29 is 8.83 Å². The van der Waals surface area contributed by atoms with Crippen LogP contribution in [-0.2, 0) is 6.42 Å². The zero-order valence-corrected chi connectivity index (χ0v) is 38.1. The van der Waals surface area contributed by atoms with Crippen molar-refractivity contribution in [3.63, 3.8) is 0 Å². The molecule has 71 heavy (non-hydrogen) atoms. The molecule has 0 aliphatic heterocycles. The second-order valence-electron chi connectivity index (χ2n) is 18.3. The van der Waals surface area contributed by atoms with Crippen molar-refractivity contribution in [3.8, 4) is 51.0 Å². The third-order valence-electron chi connectivity index (χ3n) is 14.2. The molecular formula is C64H39N5O2. The Morgan fingerprint density at radius 3 is 1.77 bits per heavy atom. The maximum atomic E-state index is 6.42. The summed E-state index contributed by atoms with van der Waals surface area (Å²) in [5.74, 6) is 1.67. The van der Waals surface area contributed by atoms with E-state index in [9.17, 15) is 0 Å². The first-order chi connectivity index (χ1) is 35.2. The summed E-state index contributed by atoms with van der Waals surface area (Å²) >= 11 is 0. The molecule has 0 spiro atoms. The van der Waals surface area contributed by atoms with E-state index < -0.39 is 0 Å². The number of hydrogen-bond donors (Lipinski definition) is 0. The molecule has 0 atom stereocenters. The van der Waals surface area contributed by atoms with Gasteiger partial charge in [0.1, 0.15) is 22.3 Å². The van der Waals surface area contributed by atoms with Gasteiger partial charge >= 0.3 is 0 Å². The summed E-state index contributed by atoms with van der Waals surface area (Å²) in [6.45, 7) is 0. The lowest BCUT2D eigenvalue weighted by Crippen LogP contribution is -2.09. The number of para-hydroxylation sites is 5. The Labute approximate surface area is 406 Å². The van der Waals surface area contributed by atoms with Gasteiger partial charge in [0.25, 0.3) is 0 Å². The van der Waals surface area contributed by atoms with E-state index in [0.717, 1.165) is 116 Å². The molecule has 7 heteroatoms. The predicted molar refractivity (Wildman–Crippen MR) is 289 cm³/mol. The molecule has 9 aromatic carbocycles. The van der Waals surface area contributed by atoms with Crippen molar-refractivity contribution in [2.75, 3.05) is 0 Å². The molecule has 0 radical (unpaired) electrons. The quantitative estimate of drug-likeness (QED) is 0.166. The normalized spacial score (nSPS) is 12.8. The van der Waals surface area contributed by atoms with Gasteiger partial charge in [-0.05, 0) is 77.4 Å². The first-order valence-electron chi connectivity index (χ1n) is 24.0. The van der Waals surface area contributed by atoms with Gasteiger partial charge in [-0.3, -0.25) is 4.57 Å². The molecule has 14 aromatic rings. The molecule has 0 amide bonds. The minimum Gasteiger partial charge on any atom is -0.456 e. The van der Waals surface area contributed by atoms with Gasteiger partial charge in [0.05, 0.1) is 16.6 Å². The number of furan rings is 2. The number of rotatable bonds is 6. The molecule has 5 heterocycles. The first kappa shape index (κ1) is 39.4. The Bertz CT molecular complexity index is 4510. The van der Waals surface area contributed by atoms with Crippen LogP contribution >= 0.6 is 0 Å². The Balaban J connectivity index is 1.00.